The third kappa shape index (κ3) is 4.94. The first-order chi connectivity index (χ1) is 13.6. The van der Waals surface area contributed by atoms with Gasteiger partial charge >= 0.3 is 6.03 Å². The van der Waals surface area contributed by atoms with E-state index in [1.54, 1.807) is 36.4 Å². The number of primary amides is 1. The molecule has 10 heteroatoms. The highest BCUT2D eigenvalue weighted by molar-refractivity contribution is 7.90. The summed E-state index contributed by atoms with van der Waals surface area (Å²) in [5.74, 6) is 0.698. The molecule has 0 radical (unpaired) electrons. The summed E-state index contributed by atoms with van der Waals surface area (Å²) < 4.78 is 29.2. The lowest BCUT2D eigenvalue weighted by Gasteiger charge is -2.09. The average molecular weight is 436 g/mol. The van der Waals surface area contributed by atoms with Gasteiger partial charge in [-0.2, -0.15) is 0 Å². The number of rotatable bonds is 6. The van der Waals surface area contributed by atoms with Crippen LogP contribution in [-0.2, 0) is 16.3 Å². The maximum atomic E-state index is 11.7. The molecule has 0 spiro atoms. The summed E-state index contributed by atoms with van der Waals surface area (Å²) >= 11 is 5.96. The van der Waals surface area contributed by atoms with Crippen LogP contribution in [0.25, 0.3) is 22.6 Å². The maximum Gasteiger partial charge on any atom is 0.338 e. The van der Waals surface area contributed by atoms with Crippen molar-refractivity contribution >= 4 is 27.5 Å². The Hall–Kier alpha value is -2.88. The van der Waals surface area contributed by atoms with Gasteiger partial charge in [-0.25, -0.2) is 23.3 Å². The zero-order chi connectivity index (χ0) is 21.2. The Morgan fingerprint density at radius 2 is 1.72 bits per heavy atom. The third-order valence-corrected chi connectivity index (χ3v) is 5.51. The Bertz CT molecular complexity index is 1130. The molecule has 2 amide bonds. The standard InChI is InChI=1S/C19H18ClN3O5S/c1-29(26,27)15-8-4-13(5-9-15)18-17(12-2-6-14(20)7-3-12)22-16(28-18)10-11-23(25)19(21)24/h2-9,25H,10-11H2,1H3,(H2,21,24). The SMILES string of the molecule is CS(=O)(=O)c1ccc(-c2oc(CCN(O)C(N)=O)nc2-c2ccc(Cl)cc2)cc1. The molecule has 29 heavy (non-hydrogen) atoms. The second-order valence-electron chi connectivity index (χ2n) is 6.30. The highest BCUT2D eigenvalue weighted by Gasteiger charge is 2.19. The number of nitrogens with two attached hydrogens (primary N) is 1. The van der Waals surface area contributed by atoms with E-state index in [-0.39, 0.29) is 23.8 Å². The topological polar surface area (TPSA) is 127 Å². The van der Waals surface area contributed by atoms with E-state index in [1.165, 1.54) is 12.1 Å². The molecule has 2 aromatic carbocycles. The molecule has 0 atom stereocenters. The van der Waals surface area contributed by atoms with E-state index in [9.17, 15) is 18.4 Å². The summed E-state index contributed by atoms with van der Waals surface area (Å²) in [5.41, 5.74) is 6.89. The van der Waals surface area contributed by atoms with E-state index >= 15 is 0 Å². The molecule has 3 rings (SSSR count). The van der Waals surface area contributed by atoms with Gasteiger partial charge in [0.15, 0.2) is 21.5 Å². The first-order valence-electron chi connectivity index (χ1n) is 8.47. The number of carbonyl (C=O) groups excluding carboxylic acids is 1. The predicted octanol–water partition coefficient (Wildman–Crippen LogP) is 3.38. The van der Waals surface area contributed by atoms with Gasteiger partial charge in [-0.05, 0) is 36.4 Å². The van der Waals surface area contributed by atoms with Crippen molar-refractivity contribution in [3.8, 4) is 22.6 Å². The van der Waals surface area contributed by atoms with Gasteiger partial charge < -0.3 is 10.2 Å². The molecule has 0 saturated carbocycles. The fraction of sp³-hybridized carbons (Fsp3) is 0.158. The molecule has 152 valence electrons. The molecule has 1 aromatic heterocycles. The van der Waals surface area contributed by atoms with Crippen LogP contribution in [0.1, 0.15) is 5.89 Å². The molecule has 3 N–H and O–H groups in total. The molecule has 0 fully saturated rings. The number of benzene rings is 2. The van der Waals surface area contributed by atoms with Gasteiger partial charge in [-0.1, -0.05) is 23.7 Å². The number of hydrogen-bond donors (Lipinski definition) is 2. The summed E-state index contributed by atoms with van der Waals surface area (Å²) in [6.45, 7) is -0.0949. The van der Waals surface area contributed by atoms with Gasteiger partial charge in [0.25, 0.3) is 0 Å². The van der Waals surface area contributed by atoms with Crippen LogP contribution in [0.5, 0.6) is 0 Å². The van der Waals surface area contributed by atoms with Crippen molar-refractivity contribution in [3.05, 3.63) is 59.4 Å². The smallest absolute Gasteiger partial charge is 0.338 e. The predicted molar refractivity (Wildman–Crippen MR) is 107 cm³/mol. The van der Waals surface area contributed by atoms with Crippen LogP contribution in [0.3, 0.4) is 0 Å². The molecule has 0 aliphatic carbocycles. The minimum absolute atomic E-state index is 0.0949. The molecule has 3 aromatic rings. The number of amides is 2. The average Bonchev–Trinajstić information content (AvgIpc) is 3.10. The quantitative estimate of drug-likeness (QED) is 0.451. The normalized spacial score (nSPS) is 11.4. The van der Waals surface area contributed by atoms with Crippen molar-refractivity contribution in [3.63, 3.8) is 0 Å². The molecule has 0 aliphatic rings. The van der Waals surface area contributed by atoms with Crippen molar-refractivity contribution in [2.24, 2.45) is 5.73 Å². The van der Waals surface area contributed by atoms with E-state index in [4.69, 9.17) is 21.8 Å². The van der Waals surface area contributed by atoms with Gasteiger partial charge in [0, 0.05) is 28.8 Å². The van der Waals surface area contributed by atoms with Crippen molar-refractivity contribution in [2.45, 2.75) is 11.3 Å². The maximum absolute atomic E-state index is 11.7. The molecule has 1 heterocycles. The van der Waals surface area contributed by atoms with E-state index in [0.29, 0.717) is 27.1 Å². The first-order valence-corrected chi connectivity index (χ1v) is 10.7. The number of sulfone groups is 1. The number of urea groups is 1. The molecular formula is C19H18ClN3O5S. The van der Waals surface area contributed by atoms with E-state index < -0.39 is 15.9 Å². The molecule has 0 saturated heterocycles. The van der Waals surface area contributed by atoms with Crippen LogP contribution in [0.15, 0.2) is 57.8 Å². The Balaban J connectivity index is 2.01. The molecule has 0 bridgehead atoms. The van der Waals surface area contributed by atoms with Crippen molar-refractivity contribution in [1.29, 1.82) is 0 Å². The number of hydroxylamine groups is 2. The summed E-state index contributed by atoms with van der Waals surface area (Å²) in [7, 11) is -3.33. The monoisotopic (exact) mass is 435 g/mol. The second kappa shape index (κ2) is 8.24. The van der Waals surface area contributed by atoms with E-state index in [1.807, 2.05) is 0 Å². The largest absolute Gasteiger partial charge is 0.440 e. The number of carbonyl (C=O) groups is 1. The first kappa shape index (κ1) is 20.8. The van der Waals surface area contributed by atoms with Gasteiger partial charge in [0.1, 0.15) is 5.69 Å². The number of oxazole rings is 1. The zero-order valence-electron chi connectivity index (χ0n) is 15.4. The van der Waals surface area contributed by atoms with Crippen LogP contribution < -0.4 is 5.73 Å². The minimum Gasteiger partial charge on any atom is -0.440 e. The number of aromatic nitrogens is 1. The highest BCUT2D eigenvalue weighted by Crippen LogP contribution is 2.34. The van der Waals surface area contributed by atoms with Gasteiger partial charge in [0.2, 0.25) is 0 Å². The number of hydrogen-bond acceptors (Lipinski definition) is 6. The van der Waals surface area contributed by atoms with Crippen LogP contribution in [0.2, 0.25) is 5.02 Å². The Morgan fingerprint density at radius 3 is 2.28 bits per heavy atom. The number of nitrogens with zero attached hydrogens (tertiary/aromatic N) is 2. The number of halogens is 1. The molecule has 0 unspecified atom stereocenters. The highest BCUT2D eigenvalue weighted by atomic mass is 35.5. The van der Waals surface area contributed by atoms with Gasteiger partial charge in [0.05, 0.1) is 11.4 Å². The molecule has 0 aliphatic heterocycles. The molecular weight excluding hydrogens is 418 g/mol. The zero-order valence-corrected chi connectivity index (χ0v) is 16.9. The lowest BCUT2D eigenvalue weighted by molar-refractivity contribution is -0.0392. The lowest BCUT2D eigenvalue weighted by Crippen LogP contribution is -2.34. The third-order valence-electron chi connectivity index (χ3n) is 4.13. The Kier molecular flexibility index (Phi) is 5.92. The summed E-state index contributed by atoms with van der Waals surface area (Å²) in [6, 6.07) is 12.2. The summed E-state index contributed by atoms with van der Waals surface area (Å²) in [6.07, 6.45) is 1.26. The van der Waals surface area contributed by atoms with Crippen molar-refractivity contribution in [2.75, 3.05) is 12.8 Å². The van der Waals surface area contributed by atoms with Crippen LogP contribution in [-0.4, -0.2) is 42.5 Å². The Morgan fingerprint density at radius 1 is 1.14 bits per heavy atom. The van der Waals surface area contributed by atoms with Crippen LogP contribution in [0.4, 0.5) is 4.79 Å². The van der Waals surface area contributed by atoms with Gasteiger partial charge in [-0.3, -0.25) is 5.21 Å². The fourth-order valence-corrected chi connectivity index (χ4v) is 3.39. The van der Waals surface area contributed by atoms with Gasteiger partial charge in [-0.15, -0.1) is 0 Å². The lowest BCUT2D eigenvalue weighted by atomic mass is 10.1. The van der Waals surface area contributed by atoms with Crippen molar-refractivity contribution in [1.82, 2.24) is 10.0 Å². The van der Waals surface area contributed by atoms with Crippen LogP contribution in [0, 0.1) is 0 Å². The fourth-order valence-electron chi connectivity index (χ4n) is 2.64. The van der Waals surface area contributed by atoms with Crippen molar-refractivity contribution < 1.29 is 22.8 Å². The molecule has 8 nitrogen and oxygen atoms in total. The summed E-state index contributed by atoms with van der Waals surface area (Å²) in [5, 5.41) is 10.4. The minimum atomic E-state index is -3.33. The Labute approximate surface area is 172 Å². The second-order valence-corrected chi connectivity index (χ2v) is 8.75. The van der Waals surface area contributed by atoms with E-state index in [2.05, 4.69) is 4.98 Å². The van der Waals surface area contributed by atoms with Crippen LogP contribution >= 0.6 is 11.6 Å². The van der Waals surface area contributed by atoms with E-state index in [0.717, 1.165) is 11.8 Å². The summed E-state index contributed by atoms with van der Waals surface area (Å²) in [4.78, 5) is 15.6.